The van der Waals surface area contributed by atoms with Gasteiger partial charge in [0.1, 0.15) is 0 Å². The van der Waals surface area contributed by atoms with Crippen LogP contribution in [0.15, 0.2) is 66.7 Å². The summed E-state index contributed by atoms with van der Waals surface area (Å²) >= 11 is 0. The second-order valence-electron chi connectivity index (χ2n) is 5.57. The number of nitrogens with one attached hydrogen (secondary N) is 1. The maximum atomic E-state index is 12.7. The van der Waals surface area contributed by atoms with Gasteiger partial charge < -0.3 is 5.32 Å². The van der Waals surface area contributed by atoms with E-state index in [9.17, 15) is 4.79 Å². The Labute approximate surface area is 132 Å². The lowest BCUT2D eigenvalue weighted by Gasteiger charge is -2.31. The van der Waals surface area contributed by atoms with Crippen LogP contribution in [0.1, 0.15) is 38.3 Å². The van der Waals surface area contributed by atoms with Crippen LogP contribution < -0.4 is 5.32 Å². The number of carbonyl (C=O) groups is 1. The van der Waals surface area contributed by atoms with E-state index in [0.717, 1.165) is 17.5 Å². The third-order valence-corrected chi connectivity index (χ3v) is 4.13. The molecule has 2 aromatic rings. The Kier molecular flexibility index (Phi) is 5.16. The fraction of sp³-hybridized carbons (Fsp3) is 0.250. The molecule has 0 aromatic heterocycles. The normalized spacial score (nSPS) is 14.2. The number of rotatable bonds is 5. The Bertz CT molecular complexity index is 646. The van der Waals surface area contributed by atoms with Crippen molar-refractivity contribution in [1.29, 1.82) is 0 Å². The molecule has 0 aliphatic heterocycles. The van der Waals surface area contributed by atoms with Crippen molar-refractivity contribution >= 4 is 11.5 Å². The van der Waals surface area contributed by atoms with Crippen molar-refractivity contribution in [3.63, 3.8) is 0 Å². The molecule has 2 heteroatoms. The van der Waals surface area contributed by atoms with Gasteiger partial charge in [0.15, 0.2) is 0 Å². The van der Waals surface area contributed by atoms with Crippen LogP contribution in [0.4, 0.5) is 0 Å². The summed E-state index contributed by atoms with van der Waals surface area (Å²) in [7, 11) is 0. The van der Waals surface area contributed by atoms with Gasteiger partial charge in [0.2, 0.25) is 0 Å². The van der Waals surface area contributed by atoms with Crippen LogP contribution >= 0.6 is 0 Å². The number of benzene rings is 2. The van der Waals surface area contributed by atoms with Gasteiger partial charge in [0.05, 0.1) is 5.54 Å². The van der Waals surface area contributed by atoms with E-state index >= 15 is 0 Å². The highest BCUT2D eigenvalue weighted by Crippen LogP contribution is 2.26. The Morgan fingerprint density at radius 3 is 2.09 bits per heavy atom. The first-order valence-electron chi connectivity index (χ1n) is 7.70. The predicted octanol–water partition coefficient (Wildman–Crippen LogP) is 4.53. The molecule has 1 atom stereocenters. The van der Waals surface area contributed by atoms with Crippen LogP contribution in [0.2, 0.25) is 0 Å². The molecule has 2 aromatic carbocycles. The summed E-state index contributed by atoms with van der Waals surface area (Å²) in [5, 5.41) is 3.20. The molecule has 1 amide bonds. The van der Waals surface area contributed by atoms with E-state index in [4.69, 9.17) is 0 Å². The molecular weight excluding hydrogens is 270 g/mol. The van der Waals surface area contributed by atoms with Crippen LogP contribution in [-0.2, 0) is 10.3 Å². The monoisotopic (exact) mass is 293 g/mol. The van der Waals surface area contributed by atoms with Crippen LogP contribution in [0.3, 0.4) is 0 Å². The van der Waals surface area contributed by atoms with E-state index < -0.39 is 0 Å². The number of carbonyl (C=O) groups excluding carboxylic acids is 1. The minimum atomic E-state index is -0.374. The van der Waals surface area contributed by atoms with Gasteiger partial charge in [0, 0.05) is 5.57 Å². The summed E-state index contributed by atoms with van der Waals surface area (Å²) in [6, 6.07) is 19.9. The molecule has 0 spiro atoms. The lowest BCUT2D eigenvalue weighted by atomic mass is 9.88. The first-order valence-corrected chi connectivity index (χ1v) is 7.70. The molecule has 2 nitrogen and oxygen atoms in total. The van der Waals surface area contributed by atoms with E-state index in [1.165, 1.54) is 0 Å². The molecule has 0 saturated carbocycles. The Balaban J connectivity index is 2.26. The molecule has 22 heavy (non-hydrogen) atoms. The summed E-state index contributed by atoms with van der Waals surface area (Å²) in [6.45, 7) is 6.05. The smallest absolute Gasteiger partial charge is 0.252 e. The van der Waals surface area contributed by atoms with Gasteiger partial charge in [-0.05, 0) is 31.4 Å². The average molecular weight is 293 g/mol. The number of amides is 1. The van der Waals surface area contributed by atoms with E-state index in [1.54, 1.807) is 0 Å². The first-order chi connectivity index (χ1) is 10.6. The van der Waals surface area contributed by atoms with Gasteiger partial charge in [-0.25, -0.2) is 0 Å². The summed E-state index contributed by atoms with van der Waals surface area (Å²) in [4.78, 5) is 12.7. The van der Waals surface area contributed by atoms with Gasteiger partial charge in [-0.2, -0.15) is 0 Å². The molecule has 0 aliphatic rings. The molecule has 0 fully saturated rings. The Hall–Kier alpha value is -2.35. The molecule has 1 N–H and O–H groups in total. The van der Waals surface area contributed by atoms with Crippen LogP contribution in [0, 0.1) is 0 Å². The lowest BCUT2D eigenvalue weighted by molar-refractivity contribution is -0.117. The quantitative estimate of drug-likeness (QED) is 0.806. The zero-order valence-corrected chi connectivity index (χ0v) is 13.5. The van der Waals surface area contributed by atoms with Crippen LogP contribution in [-0.4, -0.2) is 5.91 Å². The van der Waals surface area contributed by atoms with E-state index in [2.05, 4.69) is 31.3 Å². The molecule has 114 valence electrons. The second kappa shape index (κ2) is 7.08. The van der Waals surface area contributed by atoms with Gasteiger partial charge in [-0.3, -0.25) is 4.79 Å². The van der Waals surface area contributed by atoms with Crippen molar-refractivity contribution in [2.45, 2.75) is 32.7 Å². The molecular formula is C20H23NO. The fourth-order valence-corrected chi connectivity index (χ4v) is 2.54. The highest BCUT2D eigenvalue weighted by molar-refractivity contribution is 6.19. The molecule has 0 heterocycles. The SMILES string of the molecule is CC=C(C(=O)NC(C)(CC)c1ccccc1)c1ccccc1. The number of hydrogen-bond donors (Lipinski definition) is 1. The maximum Gasteiger partial charge on any atom is 0.252 e. The van der Waals surface area contributed by atoms with Gasteiger partial charge in [-0.1, -0.05) is 73.7 Å². The molecule has 0 saturated heterocycles. The average Bonchev–Trinajstić information content (AvgIpc) is 2.57. The topological polar surface area (TPSA) is 29.1 Å². The van der Waals surface area contributed by atoms with Crippen molar-refractivity contribution in [1.82, 2.24) is 5.32 Å². The standard InChI is InChI=1S/C20H23NO/c1-4-18(16-12-8-6-9-13-16)19(22)21-20(3,5-2)17-14-10-7-11-15-17/h4,6-15H,5H2,1-3H3,(H,21,22). The summed E-state index contributed by atoms with van der Waals surface area (Å²) in [6.07, 6.45) is 2.69. The highest BCUT2D eigenvalue weighted by atomic mass is 16.1. The van der Waals surface area contributed by atoms with E-state index in [1.807, 2.05) is 61.5 Å². The van der Waals surface area contributed by atoms with Crippen molar-refractivity contribution < 1.29 is 4.79 Å². The minimum absolute atomic E-state index is 0.0399. The van der Waals surface area contributed by atoms with Gasteiger partial charge in [-0.15, -0.1) is 0 Å². The molecule has 2 rings (SSSR count). The van der Waals surface area contributed by atoms with Crippen molar-refractivity contribution in [2.75, 3.05) is 0 Å². The first kappa shape index (κ1) is 16.0. The predicted molar refractivity (Wildman–Crippen MR) is 92.3 cm³/mol. The summed E-state index contributed by atoms with van der Waals surface area (Å²) in [5.41, 5.74) is 2.39. The second-order valence-corrected chi connectivity index (χ2v) is 5.57. The third-order valence-electron chi connectivity index (χ3n) is 4.13. The zero-order valence-electron chi connectivity index (χ0n) is 13.5. The fourth-order valence-electron chi connectivity index (χ4n) is 2.54. The van der Waals surface area contributed by atoms with Crippen LogP contribution in [0.5, 0.6) is 0 Å². The number of allylic oxidation sites excluding steroid dienone is 1. The lowest BCUT2D eigenvalue weighted by Crippen LogP contribution is -2.43. The highest BCUT2D eigenvalue weighted by Gasteiger charge is 2.27. The van der Waals surface area contributed by atoms with Gasteiger partial charge in [0.25, 0.3) is 5.91 Å². The van der Waals surface area contributed by atoms with Crippen molar-refractivity contribution in [2.24, 2.45) is 0 Å². The largest absolute Gasteiger partial charge is 0.343 e. The maximum absolute atomic E-state index is 12.7. The van der Waals surface area contributed by atoms with Crippen LogP contribution in [0.25, 0.3) is 5.57 Å². The van der Waals surface area contributed by atoms with Crippen molar-refractivity contribution in [3.05, 3.63) is 77.9 Å². The summed E-state index contributed by atoms with van der Waals surface area (Å²) < 4.78 is 0. The Morgan fingerprint density at radius 1 is 1.05 bits per heavy atom. The molecule has 1 unspecified atom stereocenters. The van der Waals surface area contributed by atoms with E-state index in [0.29, 0.717) is 5.57 Å². The summed E-state index contributed by atoms with van der Waals surface area (Å²) in [5.74, 6) is -0.0399. The Morgan fingerprint density at radius 2 is 1.59 bits per heavy atom. The van der Waals surface area contributed by atoms with Crippen molar-refractivity contribution in [3.8, 4) is 0 Å². The minimum Gasteiger partial charge on any atom is -0.343 e. The van der Waals surface area contributed by atoms with E-state index in [-0.39, 0.29) is 11.4 Å². The molecule has 0 aliphatic carbocycles. The third kappa shape index (κ3) is 3.45. The molecule has 0 bridgehead atoms. The zero-order chi connectivity index (χ0) is 16.0. The van der Waals surface area contributed by atoms with Gasteiger partial charge >= 0.3 is 0 Å². The molecule has 0 radical (unpaired) electrons. The number of hydrogen-bond acceptors (Lipinski definition) is 1.